The van der Waals surface area contributed by atoms with Crippen LogP contribution in [0.4, 0.5) is 0 Å². The molecule has 0 fully saturated rings. The first-order chi connectivity index (χ1) is 27.2. The van der Waals surface area contributed by atoms with Gasteiger partial charge in [0.15, 0.2) is 6.10 Å². The highest BCUT2D eigenvalue weighted by Gasteiger charge is 2.25. The molecule has 0 saturated heterocycles. The number of esters is 2. The predicted octanol–water partition coefficient (Wildman–Crippen LogP) is 11.2. The first kappa shape index (κ1) is 53.4. The van der Waals surface area contributed by atoms with Crippen molar-refractivity contribution in [3.8, 4) is 0 Å². The Labute approximate surface area is 340 Å². The SMILES string of the molecule is CCCCC/C=C\C/C=C\CCCCCCCCCC(=O)OC[C@H](COP(=O)(O)OCCN)OC(=O)CCC/C=C/C=C\C(O)C/C=C\C/C=C\CCCCC. The van der Waals surface area contributed by atoms with Crippen molar-refractivity contribution >= 4 is 19.8 Å². The average molecular weight is 808 g/mol. The van der Waals surface area contributed by atoms with Crippen LogP contribution in [-0.4, -0.2) is 60.5 Å². The molecular weight excluding hydrogens is 729 g/mol. The van der Waals surface area contributed by atoms with Crippen LogP contribution in [0.25, 0.3) is 0 Å². The van der Waals surface area contributed by atoms with E-state index in [0.717, 1.165) is 44.9 Å². The minimum atomic E-state index is -4.42. The second kappa shape index (κ2) is 40.6. The molecule has 0 spiro atoms. The Morgan fingerprint density at radius 1 is 0.625 bits per heavy atom. The summed E-state index contributed by atoms with van der Waals surface area (Å²) in [6.45, 7) is 3.48. The Balaban J connectivity index is 4.37. The van der Waals surface area contributed by atoms with Crippen LogP contribution in [0, 0.1) is 0 Å². The van der Waals surface area contributed by atoms with Crippen LogP contribution in [0.3, 0.4) is 0 Å². The highest BCUT2D eigenvalue weighted by molar-refractivity contribution is 7.47. The molecule has 4 N–H and O–H groups in total. The molecule has 0 aliphatic rings. The third kappa shape index (κ3) is 39.6. The van der Waals surface area contributed by atoms with Crippen LogP contribution in [0.5, 0.6) is 0 Å². The maximum absolute atomic E-state index is 12.6. The summed E-state index contributed by atoms with van der Waals surface area (Å²) < 4.78 is 32.6. The van der Waals surface area contributed by atoms with Crippen molar-refractivity contribution in [3.63, 3.8) is 0 Å². The summed E-state index contributed by atoms with van der Waals surface area (Å²) in [5.74, 6) is -0.974. The average Bonchev–Trinajstić information content (AvgIpc) is 3.18. The molecule has 11 heteroatoms. The van der Waals surface area contributed by atoms with Gasteiger partial charge in [0, 0.05) is 19.4 Å². The number of rotatable bonds is 39. The van der Waals surface area contributed by atoms with Gasteiger partial charge >= 0.3 is 19.8 Å². The van der Waals surface area contributed by atoms with Crippen LogP contribution in [0.15, 0.2) is 72.9 Å². The molecule has 0 aliphatic heterocycles. The monoisotopic (exact) mass is 808 g/mol. The Morgan fingerprint density at radius 2 is 1.16 bits per heavy atom. The van der Waals surface area contributed by atoms with E-state index < -0.39 is 38.6 Å². The van der Waals surface area contributed by atoms with Crippen LogP contribution < -0.4 is 5.73 Å². The maximum Gasteiger partial charge on any atom is 0.472 e. The number of carbonyl (C=O) groups excluding carboxylic acids is 2. The lowest BCUT2D eigenvalue weighted by molar-refractivity contribution is -0.161. The molecule has 2 unspecified atom stereocenters. The fourth-order valence-corrected chi connectivity index (χ4v) is 6.15. The second-order valence-corrected chi connectivity index (χ2v) is 15.5. The van der Waals surface area contributed by atoms with E-state index in [2.05, 4.69) is 56.4 Å². The van der Waals surface area contributed by atoms with Gasteiger partial charge in [-0.2, -0.15) is 0 Å². The smallest absolute Gasteiger partial charge is 0.462 e. The molecule has 0 bridgehead atoms. The van der Waals surface area contributed by atoms with E-state index in [9.17, 15) is 24.2 Å². The van der Waals surface area contributed by atoms with Crippen LogP contribution in [0.1, 0.15) is 162 Å². The van der Waals surface area contributed by atoms with E-state index in [1.54, 1.807) is 12.2 Å². The molecule has 56 heavy (non-hydrogen) atoms. The molecule has 0 aromatic heterocycles. The van der Waals surface area contributed by atoms with Crippen molar-refractivity contribution in [1.29, 1.82) is 0 Å². The first-order valence-corrected chi connectivity index (χ1v) is 23.0. The molecule has 3 atom stereocenters. The third-order valence-electron chi connectivity index (χ3n) is 8.65. The Morgan fingerprint density at radius 3 is 1.77 bits per heavy atom. The number of ether oxygens (including phenoxy) is 2. The fourth-order valence-electron chi connectivity index (χ4n) is 5.38. The predicted molar refractivity (Wildman–Crippen MR) is 230 cm³/mol. The van der Waals surface area contributed by atoms with E-state index in [-0.39, 0.29) is 32.6 Å². The van der Waals surface area contributed by atoms with Crippen LogP contribution >= 0.6 is 7.82 Å². The summed E-state index contributed by atoms with van der Waals surface area (Å²) in [6.07, 6.45) is 45.3. The van der Waals surface area contributed by atoms with Gasteiger partial charge in [-0.1, -0.05) is 145 Å². The molecule has 0 amide bonds. The van der Waals surface area contributed by atoms with Gasteiger partial charge in [-0.25, -0.2) is 4.57 Å². The summed E-state index contributed by atoms with van der Waals surface area (Å²) in [7, 11) is -4.42. The van der Waals surface area contributed by atoms with Crippen molar-refractivity contribution in [2.24, 2.45) is 5.73 Å². The van der Waals surface area contributed by atoms with E-state index in [1.165, 1.54) is 64.2 Å². The van der Waals surface area contributed by atoms with Gasteiger partial charge in [0.25, 0.3) is 0 Å². The normalized spacial score (nSPS) is 14.6. The number of carbonyl (C=O) groups is 2. The molecular formula is C45H78NO9P. The van der Waals surface area contributed by atoms with Gasteiger partial charge in [0.05, 0.1) is 19.3 Å². The summed E-state index contributed by atoms with van der Waals surface area (Å²) in [5.41, 5.74) is 5.33. The van der Waals surface area contributed by atoms with Crippen molar-refractivity contribution in [2.75, 3.05) is 26.4 Å². The zero-order valence-corrected chi connectivity index (χ0v) is 35.8. The number of nitrogens with two attached hydrogens (primary N) is 1. The minimum absolute atomic E-state index is 0.0264. The van der Waals surface area contributed by atoms with E-state index in [4.69, 9.17) is 24.3 Å². The number of hydrogen-bond donors (Lipinski definition) is 3. The quantitative estimate of drug-likeness (QED) is 0.0180. The fraction of sp³-hybridized carbons (Fsp3) is 0.689. The zero-order chi connectivity index (χ0) is 41.2. The first-order valence-electron chi connectivity index (χ1n) is 21.5. The van der Waals surface area contributed by atoms with Gasteiger partial charge in [0.2, 0.25) is 0 Å². The summed E-state index contributed by atoms with van der Waals surface area (Å²) in [6, 6.07) is 0. The molecule has 322 valence electrons. The Kier molecular flexibility index (Phi) is 38.7. The largest absolute Gasteiger partial charge is 0.472 e. The molecule has 0 aliphatic carbocycles. The van der Waals surface area contributed by atoms with Gasteiger partial charge in [-0.05, 0) is 77.0 Å². The minimum Gasteiger partial charge on any atom is -0.462 e. The van der Waals surface area contributed by atoms with Gasteiger partial charge in [-0.3, -0.25) is 18.6 Å². The molecule has 0 rings (SSSR count). The maximum atomic E-state index is 12.6. The lowest BCUT2D eigenvalue weighted by Crippen LogP contribution is -2.29. The highest BCUT2D eigenvalue weighted by Crippen LogP contribution is 2.43. The van der Waals surface area contributed by atoms with Crippen molar-refractivity contribution < 1.29 is 42.7 Å². The van der Waals surface area contributed by atoms with Crippen LogP contribution in [0.2, 0.25) is 0 Å². The van der Waals surface area contributed by atoms with Gasteiger partial charge in [-0.15, -0.1) is 0 Å². The lowest BCUT2D eigenvalue weighted by atomic mass is 10.1. The molecule has 0 aromatic rings. The third-order valence-corrected chi connectivity index (χ3v) is 9.63. The number of phosphoric ester groups is 1. The highest BCUT2D eigenvalue weighted by atomic mass is 31.2. The number of phosphoric acid groups is 1. The molecule has 0 heterocycles. The van der Waals surface area contributed by atoms with E-state index >= 15 is 0 Å². The molecule has 0 saturated carbocycles. The summed E-state index contributed by atoms with van der Waals surface area (Å²) in [4.78, 5) is 34.8. The number of aliphatic hydroxyl groups is 1. The van der Waals surface area contributed by atoms with Gasteiger partial charge in [0.1, 0.15) is 6.61 Å². The van der Waals surface area contributed by atoms with E-state index in [0.29, 0.717) is 25.7 Å². The van der Waals surface area contributed by atoms with Crippen molar-refractivity contribution in [2.45, 2.75) is 174 Å². The van der Waals surface area contributed by atoms with Gasteiger partial charge < -0.3 is 25.2 Å². The Hall–Kier alpha value is -2.59. The van der Waals surface area contributed by atoms with Crippen molar-refractivity contribution in [3.05, 3.63) is 72.9 Å². The number of unbranched alkanes of at least 4 members (excludes halogenated alkanes) is 14. The standard InChI is InChI=1S/C45H78NO9P/c1-3-5-7-9-11-13-14-15-16-17-18-19-20-22-24-28-32-36-44(48)52-40-43(41-54-56(50,51)53-39-38-46)55-45(49)37-33-29-25-27-31-35-42(47)34-30-26-23-21-12-10-8-6-4-2/h11-13,15-16,21,25-27,30-31,35,42-43,47H,3-10,14,17-20,22-24,28-29,32-34,36-41,46H2,1-2H3,(H,50,51)/b13-11-,16-15-,21-12-,27-25+,30-26-,35-31-/t42?,43-/m1/s1. The van der Waals surface area contributed by atoms with Crippen LogP contribution in [-0.2, 0) is 32.7 Å². The summed E-state index contributed by atoms with van der Waals surface area (Å²) >= 11 is 0. The Bertz CT molecular complexity index is 1160. The number of hydrogen-bond acceptors (Lipinski definition) is 9. The topological polar surface area (TPSA) is 155 Å². The lowest BCUT2D eigenvalue weighted by Gasteiger charge is -2.19. The van der Waals surface area contributed by atoms with E-state index in [1.807, 2.05) is 18.2 Å². The number of aliphatic hydroxyl groups excluding tert-OH is 1. The zero-order valence-electron chi connectivity index (χ0n) is 35.0. The molecule has 0 aromatic carbocycles. The molecule has 10 nitrogen and oxygen atoms in total. The number of allylic oxidation sites excluding steroid dienone is 10. The van der Waals surface area contributed by atoms with Crippen molar-refractivity contribution in [1.82, 2.24) is 0 Å². The summed E-state index contributed by atoms with van der Waals surface area (Å²) in [5, 5.41) is 10.1. The second-order valence-electron chi connectivity index (χ2n) is 14.1. The molecule has 0 radical (unpaired) electrons.